The molecule has 0 bridgehead atoms. The van der Waals surface area contributed by atoms with Crippen molar-refractivity contribution in [2.45, 2.75) is 86.7 Å². The fraction of sp³-hybridized carbons (Fsp3) is 0.571. The van der Waals surface area contributed by atoms with E-state index in [1.54, 1.807) is 0 Å². The van der Waals surface area contributed by atoms with Crippen molar-refractivity contribution in [2.24, 2.45) is 17.8 Å². The van der Waals surface area contributed by atoms with E-state index in [4.69, 9.17) is 9.47 Å². The molecule has 0 N–H and O–H groups in total. The third-order valence-corrected chi connectivity index (χ3v) is 6.78. The van der Waals surface area contributed by atoms with Crippen LogP contribution in [-0.4, -0.2) is 6.10 Å². The van der Waals surface area contributed by atoms with Crippen LogP contribution in [0.1, 0.15) is 84.1 Å². The van der Waals surface area contributed by atoms with Gasteiger partial charge in [-0.2, -0.15) is 0 Å². The van der Waals surface area contributed by atoms with Gasteiger partial charge in [-0.25, -0.2) is 0 Å². The van der Waals surface area contributed by atoms with E-state index in [1.807, 2.05) is 27.7 Å². The monoisotopic (exact) mass is 410 g/mol. The summed E-state index contributed by atoms with van der Waals surface area (Å²) in [6.07, 6.45) is 2.23. The van der Waals surface area contributed by atoms with Crippen molar-refractivity contribution in [1.29, 1.82) is 0 Å². The molecule has 5 atom stereocenters. The highest BCUT2D eigenvalue weighted by Crippen LogP contribution is 2.52. The fourth-order valence-corrected chi connectivity index (χ4v) is 4.79. The number of ether oxygens (including phenoxy) is 2. The Morgan fingerprint density at radius 2 is 1.53 bits per heavy atom. The molecule has 5 unspecified atom stereocenters. The van der Waals surface area contributed by atoms with Gasteiger partial charge in [0.2, 0.25) is 0 Å². The minimum atomic E-state index is -0.575. The molecule has 0 aliphatic carbocycles. The van der Waals surface area contributed by atoms with Gasteiger partial charge in [-0.3, -0.25) is 0 Å². The first-order valence-corrected chi connectivity index (χ1v) is 12.0. The molecule has 2 aliphatic heterocycles. The topological polar surface area (TPSA) is 18.5 Å². The standard InChI is InChI=1S/C24H30O2.2C2H6/c1-5-23-17(3)16(2)18(4)24(26-23)22-14-20(11-12-21(22)15-25-24)13-19-9-7-6-8-10-19;2*1-2/h6-12,14,16-18,23H,5,13,15H2,1-4H3;2*1-2H3. The second-order valence-corrected chi connectivity index (χ2v) is 8.18. The summed E-state index contributed by atoms with van der Waals surface area (Å²) >= 11 is 0. The number of benzene rings is 2. The van der Waals surface area contributed by atoms with Crippen LogP contribution < -0.4 is 0 Å². The Hall–Kier alpha value is -1.64. The van der Waals surface area contributed by atoms with Crippen LogP contribution in [0.4, 0.5) is 0 Å². The van der Waals surface area contributed by atoms with Gasteiger partial charge in [0.1, 0.15) is 0 Å². The number of fused-ring (bicyclic) bond motifs is 2. The van der Waals surface area contributed by atoms with Gasteiger partial charge in [-0.1, -0.05) is 97.9 Å². The Bertz CT molecular complexity index is 767. The highest BCUT2D eigenvalue weighted by Gasteiger charge is 2.54. The van der Waals surface area contributed by atoms with Gasteiger partial charge < -0.3 is 9.47 Å². The van der Waals surface area contributed by atoms with Crippen LogP contribution in [0.25, 0.3) is 0 Å². The predicted molar refractivity (Wildman–Crippen MR) is 128 cm³/mol. The summed E-state index contributed by atoms with van der Waals surface area (Å²) in [5.74, 6) is 0.890. The quantitative estimate of drug-likeness (QED) is 0.515. The molecule has 0 radical (unpaired) electrons. The summed E-state index contributed by atoms with van der Waals surface area (Å²) in [4.78, 5) is 0. The zero-order valence-electron chi connectivity index (χ0n) is 20.4. The molecule has 0 aromatic heterocycles. The third-order valence-electron chi connectivity index (χ3n) is 6.78. The van der Waals surface area contributed by atoms with Crippen molar-refractivity contribution in [2.75, 3.05) is 0 Å². The molecule has 1 saturated heterocycles. The van der Waals surface area contributed by atoms with E-state index in [0.717, 1.165) is 12.8 Å². The number of hydrogen-bond acceptors (Lipinski definition) is 2. The van der Waals surface area contributed by atoms with E-state index >= 15 is 0 Å². The largest absolute Gasteiger partial charge is 0.342 e. The van der Waals surface area contributed by atoms with Gasteiger partial charge in [-0.05, 0) is 47.4 Å². The number of rotatable bonds is 3. The molecular weight excluding hydrogens is 368 g/mol. The van der Waals surface area contributed by atoms with Gasteiger partial charge >= 0.3 is 0 Å². The van der Waals surface area contributed by atoms with Crippen molar-refractivity contribution in [3.8, 4) is 0 Å². The van der Waals surface area contributed by atoms with Crippen molar-refractivity contribution in [3.63, 3.8) is 0 Å². The SMILES string of the molecule is CC.CC.CCC1OC2(OCc3ccc(Cc4ccccc4)cc32)C(C)C(C)C1C. The third kappa shape index (κ3) is 4.65. The Morgan fingerprint density at radius 1 is 0.867 bits per heavy atom. The zero-order chi connectivity index (χ0) is 22.3. The molecule has 166 valence electrons. The molecule has 30 heavy (non-hydrogen) atoms. The van der Waals surface area contributed by atoms with E-state index in [9.17, 15) is 0 Å². The molecule has 2 aromatic carbocycles. The van der Waals surface area contributed by atoms with E-state index in [-0.39, 0.29) is 6.10 Å². The van der Waals surface area contributed by atoms with Crippen molar-refractivity contribution in [1.82, 2.24) is 0 Å². The average Bonchev–Trinajstić information content (AvgIpc) is 3.17. The second kappa shape index (κ2) is 11.1. The molecule has 2 heterocycles. The van der Waals surface area contributed by atoms with Crippen LogP contribution in [0, 0.1) is 17.8 Å². The molecule has 1 spiro atoms. The lowest BCUT2D eigenvalue weighted by Crippen LogP contribution is -2.51. The second-order valence-electron chi connectivity index (χ2n) is 8.18. The van der Waals surface area contributed by atoms with E-state index in [0.29, 0.717) is 24.4 Å². The fourth-order valence-electron chi connectivity index (χ4n) is 4.79. The molecule has 0 saturated carbocycles. The lowest BCUT2D eigenvalue weighted by Gasteiger charge is -2.49. The summed E-state index contributed by atoms with van der Waals surface area (Å²) < 4.78 is 13.1. The van der Waals surface area contributed by atoms with Crippen molar-refractivity contribution in [3.05, 3.63) is 70.8 Å². The summed E-state index contributed by atoms with van der Waals surface area (Å²) in [7, 11) is 0. The molecule has 2 aromatic rings. The van der Waals surface area contributed by atoms with Gasteiger partial charge in [0, 0.05) is 11.5 Å². The maximum absolute atomic E-state index is 6.69. The lowest BCUT2D eigenvalue weighted by atomic mass is 9.72. The van der Waals surface area contributed by atoms with Crippen LogP contribution in [0.3, 0.4) is 0 Å². The minimum absolute atomic E-state index is 0.255. The molecular formula is C28H42O2. The summed E-state index contributed by atoms with van der Waals surface area (Å²) in [6, 6.07) is 17.5. The summed E-state index contributed by atoms with van der Waals surface area (Å²) in [5.41, 5.74) is 5.21. The van der Waals surface area contributed by atoms with Crippen LogP contribution >= 0.6 is 0 Å². The Balaban J connectivity index is 0.000000757. The average molecular weight is 411 g/mol. The first kappa shape index (κ1) is 24.6. The van der Waals surface area contributed by atoms with Crippen LogP contribution in [-0.2, 0) is 28.3 Å². The van der Waals surface area contributed by atoms with Crippen LogP contribution in [0.2, 0.25) is 0 Å². The molecule has 1 fully saturated rings. The zero-order valence-corrected chi connectivity index (χ0v) is 20.4. The lowest BCUT2D eigenvalue weighted by molar-refractivity contribution is -0.331. The summed E-state index contributed by atoms with van der Waals surface area (Å²) in [6.45, 7) is 17.9. The predicted octanol–water partition coefficient (Wildman–Crippen LogP) is 7.73. The molecule has 2 heteroatoms. The van der Waals surface area contributed by atoms with Gasteiger partial charge in [0.05, 0.1) is 12.7 Å². The Labute approximate surface area is 185 Å². The van der Waals surface area contributed by atoms with Gasteiger partial charge in [0.15, 0.2) is 5.79 Å². The molecule has 4 rings (SSSR count). The Morgan fingerprint density at radius 3 is 2.17 bits per heavy atom. The van der Waals surface area contributed by atoms with E-state index in [2.05, 4.69) is 76.2 Å². The smallest absolute Gasteiger partial charge is 0.198 e. The maximum Gasteiger partial charge on any atom is 0.198 e. The summed E-state index contributed by atoms with van der Waals surface area (Å²) in [5, 5.41) is 0. The molecule has 2 nitrogen and oxygen atoms in total. The van der Waals surface area contributed by atoms with Crippen LogP contribution in [0.5, 0.6) is 0 Å². The van der Waals surface area contributed by atoms with Gasteiger partial charge in [0.25, 0.3) is 0 Å². The molecule has 2 aliphatic rings. The first-order valence-electron chi connectivity index (χ1n) is 12.0. The van der Waals surface area contributed by atoms with Crippen molar-refractivity contribution < 1.29 is 9.47 Å². The number of hydrogen-bond donors (Lipinski definition) is 0. The maximum atomic E-state index is 6.69. The minimum Gasteiger partial charge on any atom is -0.342 e. The van der Waals surface area contributed by atoms with Gasteiger partial charge in [-0.15, -0.1) is 0 Å². The van der Waals surface area contributed by atoms with Crippen LogP contribution in [0.15, 0.2) is 48.5 Å². The highest BCUT2D eigenvalue weighted by molar-refractivity contribution is 5.40. The van der Waals surface area contributed by atoms with Crippen molar-refractivity contribution >= 4 is 0 Å². The van der Waals surface area contributed by atoms with E-state index in [1.165, 1.54) is 22.3 Å². The van der Waals surface area contributed by atoms with E-state index < -0.39 is 5.79 Å². The molecule has 0 amide bonds. The first-order chi connectivity index (χ1) is 14.5. The highest BCUT2D eigenvalue weighted by atomic mass is 16.7. The normalized spacial score (nSPS) is 29.3. The Kier molecular flexibility index (Phi) is 9.12.